The number of fused-ring (bicyclic) bond motifs is 1. The van der Waals surface area contributed by atoms with Crippen molar-refractivity contribution in [3.05, 3.63) is 70.2 Å². The van der Waals surface area contributed by atoms with Gasteiger partial charge in [-0.2, -0.15) is 0 Å². The summed E-state index contributed by atoms with van der Waals surface area (Å²) in [5.74, 6) is -0.0298. The Morgan fingerprint density at radius 1 is 1.14 bits per heavy atom. The molecule has 2 nitrogen and oxygen atoms in total. The van der Waals surface area contributed by atoms with Crippen LogP contribution in [-0.4, -0.2) is 23.2 Å². The molecule has 4 heteroatoms. The van der Waals surface area contributed by atoms with E-state index in [1.54, 1.807) is 0 Å². The van der Waals surface area contributed by atoms with E-state index in [1.165, 1.54) is 11.1 Å². The van der Waals surface area contributed by atoms with E-state index in [4.69, 9.17) is 23.2 Å². The molecule has 0 fully saturated rings. The molecule has 0 radical (unpaired) electrons. The molecular weight excluding hydrogens is 305 g/mol. The quantitative estimate of drug-likeness (QED) is 0.765. The molecule has 1 aliphatic rings. The zero-order chi connectivity index (χ0) is 14.8. The summed E-state index contributed by atoms with van der Waals surface area (Å²) >= 11 is 11.8. The number of hydrogen-bond acceptors (Lipinski definition) is 1. The Labute approximate surface area is 134 Å². The van der Waals surface area contributed by atoms with Gasteiger partial charge in [0.1, 0.15) is 5.88 Å². The van der Waals surface area contributed by atoms with Gasteiger partial charge in [0.15, 0.2) is 0 Å². The van der Waals surface area contributed by atoms with E-state index in [0.29, 0.717) is 11.6 Å². The number of benzene rings is 2. The minimum atomic E-state index is -0.0848. The van der Waals surface area contributed by atoms with Crippen molar-refractivity contribution in [3.63, 3.8) is 0 Å². The summed E-state index contributed by atoms with van der Waals surface area (Å²) in [6, 6.07) is 15.8. The van der Waals surface area contributed by atoms with Gasteiger partial charge in [0.2, 0.25) is 5.91 Å². The summed E-state index contributed by atoms with van der Waals surface area (Å²) < 4.78 is 0. The Balaban J connectivity index is 2.09. The SMILES string of the molecule is O=C(CCl)N1CCc2ccccc2C1c1ccc(Cl)cc1. The lowest BCUT2D eigenvalue weighted by Crippen LogP contribution is -2.41. The maximum Gasteiger partial charge on any atom is 0.238 e. The average Bonchev–Trinajstić information content (AvgIpc) is 2.54. The number of hydrogen-bond donors (Lipinski definition) is 0. The topological polar surface area (TPSA) is 20.3 Å². The van der Waals surface area contributed by atoms with Crippen LogP contribution in [0.15, 0.2) is 48.5 Å². The number of amides is 1. The molecule has 1 unspecified atom stereocenters. The van der Waals surface area contributed by atoms with Gasteiger partial charge in [-0.05, 0) is 35.2 Å². The van der Waals surface area contributed by atoms with Crippen LogP contribution in [0.3, 0.4) is 0 Å². The van der Waals surface area contributed by atoms with E-state index in [1.807, 2.05) is 41.3 Å². The Bertz CT molecular complexity index is 654. The molecule has 108 valence electrons. The molecule has 2 aromatic rings. The summed E-state index contributed by atoms with van der Waals surface area (Å²) in [7, 11) is 0. The van der Waals surface area contributed by atoms with E-state index >= 15 is 0 Å². The van der Waals surface area contributed by atoms with Gasteiger partial charge in [0, 0.05) is 11.6 Å². The van der Waals surface area contributed by atoms with Crippen LogP contribution in [0.4, 0.5) is 0 Å². The third kappa shape index (κ3) is 2.78. The van der Waals surface area contributed by atoms with Crippen molar-refractivity contribution >= 4 is 29.1 Å². The predicted molar refractivity (Wildman–Crippen MR) is 85.9 cm³/mol. The van der Waals surface area contributed by atoms with Crippen LogP contribution in [-0.2, 0) is 11.2 Å². The molecule has 0 aromatic heterocycles. The Hall–Kier alpha value is -1.51. The smallest absolute Gasteiger partial charge is 0.238 e. The normalized spacial score (nSPS) is 17.4. The minimum absolute atomic E-state index is 0.00621. The van der Waals surface area contributed by atoms with Gasteiger partial charge in [0.25, 0.3) is 0 Å². The fourth-order valence-electron chi connectivity index (χ4n) is 2.92. The van der Waals surface area contributed by atoms with Gasteiger partial charge < -0.3 is 4.90 Å². The van der Waals surface area contributed by atoms with Crippen molar-refractivity contribution in [1.29, 1.82) is 0 Å². The van der Waals surface area contributed by atoms with Crippen molar-refractivity contribution in [2.24, 2.45) is 0 Å². The van der Waals surface area contributed by atoms with Crippen molar-refractivity contribution in [2.75, 3.05) is 12.4 Å². The number of rotatable bonds is 2. The molecule has 0 spiro atoms. The second-order valence-corrected chi connectivity index (χ2v) is 5.83. The first-order valence-corrected chi connectivity index (χ1v) is 7.80. The first kappa shape index (κ1) is 14.4. The summed E-state index contributed by atoms with van der Waals surface area (Å²) in [6.07, 6.45) is 0.864. The van der Waals surface area contributed by atoms with Crippen LogP contribution in [0, 0.1) is 0 Å². The van der Waals surface area contributed by atoms with Gasteiger partial charge in [-0.3, -0.25) is 4.79 Å². The van der Waals surface area contributed by atoms with Crippen molar-refractivity contribution in [2.45, 2.75) is 12.5 Å². The molecule has 0 bridgehead atoms. The number of carbonyl (C=O) groups is 1. The van der Waals surface area contributed by atoms with Crippen molar-refractivity contribution in [1.82, 2.24) is 4.90 Å². The lowest BCUT2D eigenvalue weighted by molar-refractivity contribution is -0.130. The predicted octanol–water partition coefficient (Wildman–Crippen LogP) is 4.05. The van der Waals surface area contributed by atoms with E-state index in [0.717, 1.165) is 12.0 Å². The molecule has 0 saturated heterocycles. The molecule has 1 amide bonds. The highest BCUT2D eigenvalue weighted by atomic mass is 35.5. The van der Waals surface area contributed by atoms with Crippen LogP contribution < -0.4 is 0 Å². The molecule has 3 rings (SSSR count). The molecule has 0 aliphatic carbocycles. The van der Waals surface area contributed by atoms with Gasteiger partial charge in [-0.15, -0.1) is 11.6 Å². The average molecular weight is 320 g/mol. The second-order valence-electron chi connectivity index (χ2n) is 5.12. The van der Waals surface area contributed by atoms with Crippen LogP contribution in [0.25, 0.3) is 0 Å². The molecule has 1 heterocycles. The van der Waals surface area contributed by atoms with E-state index in [-0.39, 0.29) is 17.8 Å². The maximum absolute atomic E-state index is 12.2. The van der Waals surface area contributed by atoms with E-state index in [2.05, 4.69) is 12.1 Å². The molecular formula is C17H15Cl2NO. The minimum Gasteiger partial charge on any atom is -0.330 e. The highest BCUT2D eigenvalue weighted by Crippen LogP contribution is 2.35. The Morgan fingerprint density at radius 2 is 1.86 bits per heavy atom. The number of carbonyl (C=O) groups excluding carboxylic acids is 1. The van der Waals surface area contributed by atoms with Crippen molar-refractivity contribution < 1.29 is 4.79 Å². The second kappa shape index (κ2) is 6.08. The summed E-state index contributed by atoms with van der Waals surface area (Å²) in [5.41, 5.74) is 3.52. The van der Waals surface area contributed by atoms with Gasteiger partial charge in [0.05, 0.1) is 6.04 Å². The highest BCUT2D eigenvalue weighted by Gasteiger charge is 2.31. The molecule has 1 atom stereocenters. The number of alkyl halides is 1. The largest absolute Gasteiger partial charge is 0.330 e. The number of nitrogens with zero attached hydrogens (tertiary/aromatic N) is 1. The third-order valence-corrected chi connectivity index (χ3v) is 4.38. The first-order valence-electron chi connectivity index (χ1n) is 6.89. The lowest BCUT2D eigenvalue weighted by atomic mass is 9.88. The van der Waals surface area contributed by atoms with Crippen LogP contribution in [0.1, 0.15) is 22.7 Å². The highest BCUT2D eigenvalue weighted by molar-refractivity contribution is 6.30. The molecule has 0 saturated carbocycles. The van der Waals surface area contributed by atoms with Gasteiger partial charge in [-0.1, -0.05) is 48.0 Å². The van der Waals surface area contributed by atoms with Gasteiger partial charge in [-0.25, -0.2) is 0 Å². The van der Waals surface area contributed by atoms with Crippen LogP contribution in [0.5, 0.6) is 0 Å². The molecule has 1 aliphatic heterocycles. The lowest BCUT2D eigenvalue weighted by Gasteiger charge is -2.37. The summed E-state index contributed by atoms with van der Waals surface area (Å²) in [4.78, 5) is 14.1. The monoisotopic (exact) mass is 319 g/mol. The third-order valence-electron chi connectivity index (χ3n) is 3.90. The van der Waals surface area contributed by atoms with Gasteiger partial charge >= 0.3 is 0 Å². The van der Waals surface area contributed by atoms with Crippen molar-refractivity contribution in [3.8, 4) is 0 Å². The summed E-state index contributed by atoms with van der Waals surface area (Å²) in [6.45, 7) is 0.690. The fraction of sp³-hybridized carbons (Fsp3) is 0.235. The molecule has 0 N–H and O–H groups in total. The zero-order valence-corrected chi connectivity index (χ0v) is 12.9. The van der Waals surface area contributed by atoms with Crippen LogP contribution >= 0.6 is 23.2 Å². The Kier molecular flexibility index (Phi) is 4.18. The molecule has 21 heavy (non-hydrogen) atoms. The molecule has 2 aromatic carbocycles. The summed E-state index contributed by atoms with van der Waals surface area (Å²) in [5, 5.41) is 0.693. The maximum atomic E-state index is 12.2. The Morgan fingerprint density at radius 3 is 2.57 bits per heavy atom. The zero-order valence-electron chi connectivity index (χ0n) is 11.4. The standard InChI is InChI=1S/C17H15Cl2NO/c18-11-16(21)20-10-9-12-3-1-2-4-15(12)17(20)13-5-7-14(19)8-6-13/h1-8,17H,9-11H2. The van der Waals surface area contributed by atoms with E-state index < -0.39 is 0 Å². The fourth-order valence-corrected chi connectivity index (χ4v) is 3.20. The van der Waals surface area contributed by atoms with E-state index in [9.17, 15) is 4.79 Å². The first-order chi connectivity index (χ1) is 10.2. The van der Waals surface area contributed by atoms with Crippen LogP contribution in [0.2, 0.25) is 5.02 Å². The number of halogens is 2.